The summed E-state index contributed by atoms with van der Waals surface area (Å²) in [4.78, 5) is 2.21. The van der Waals surface area contributed by atoms with Crippen molar-refractivity contribution >= 4 is 0 Å². The number of aliphatic hydroxyl groups is 1. The average Bonchev–Trinajstić information content (AvgIpc) is 2.43. The van der Waals surface area contributed by atoms with Gasteiger partial charge in [0.05, 0.1) is 20.3 Å². The normalized spacial score (nSPS) is 18.4. The van der Waals surface area contributed by atoms with Crippen LogP contribution in [0.25, 0.3) is 0 Å². The summed E-state index contributed by atoms with van der Waals surface area (Å²) >= 11 is 0. The first-order valence-electron chi connectivity index (χ1n) is 6.84. The predicted octanol–water partition coefficient (Wildman–Crippen LogP) is 2.52. The molecule has 110 valence electrons. The fourth-order valence-corrected chi connectivity index (χ4v) is 2.60. The highest BCUT2D eigenvalue weighted by Crippen LogP contribution is 2.39. The molecule has 0 fully saturated rings. The minimum Gasteiger partial charge on any atom is -0.496 e. The van der Waals surface area contributed by atoms with Gasteiger partial charge in [-0.15, -0.1) is 0 Å². The van der Waals surface area contributed by atoms with Gasteiger partial charge in [-0.05, 0) is 26.0 Å². The first-order chi connectivity index (χ1) is 9.56. The highest BCUT2D eigenvalue weighted by atomic mass is 16.5. The Morgan fingerprint density at radius 1 is 1.30 bits per heavy atom. The summed E-state index contributed by atoms with van der Waals surface area (Å²) in [6, 6.07) is 3.75. The van der Waals surface area contributed by atoms with Gasteiger partial charge in [0, 0.05) is 30.8 Å². The molecule has 1 aliphatic rings. The van der Waals surface area contributed by atoms with Crippen molar-refractivity contribution in [2.75, 3.05) is 27.3 Å². The molecule has 1 aliphatic heterocycles. The third-order valence-corrected chi connectivity index (χ3v) is 3.62. The molecule has 1 aromatic rings. The maximum atomic E-state index is 10.4. The second-order valence-electron chi connectivity index (χ2n) is 5.35. The number of nitrogens with zero attached hydrogens (tertiary/aromatic N) is 1. The summed E-state index contributed by atoms with van der Waals surface area (Å²) in [6.07, 6.45) is 1.62. The topological polar surface area (TPSA) is 41.9 Å². The molecular formula is C16H23NO3. The van der Waals surface area contributed by atoms with Crippen LogP contribution in [0.1, 0.15) is 31.1 Å². The zero-order valence-corrected chi connectivity index (χ0v) is 12.6. The predicted molar refractivity (Wildman–Crippen MR) is 79.2 cm³/mol. The molecule has 0 amide bonds. The van der Waals surface area contributed by atoms with E-state index in [1.54, 1.807) is 14.2 Å². The molecule has 0 radical (unpaired) electrons. The van der Waals surface area contributed by atoms with Crippen LogP contribution in [0.5, 0.6) is 11.5 Å². The Labute approximate surface area is 120 Å². The molecule has 1 heterocycles. The molecular weight excluding hydrogens is 254 g/mol. The van der Waals surface area contributed by atoms with Gasteiger partial charge in [-0.25, -0.2) is 0 Å². The molecule has 1 atom stereocenters. The van der Waals surface area contributed by atoms with Crippen molar-refractivity contribution in [3.8, 4) is 11.5 Å². The van der Waals surface area contributed by atoms with E-state index in [0.717, 1.165) is 35.7 Å². The van der Waals surface area contributed by atoms with Crippen LogP contribution in [0, 0.1) is 0 Å². The molecule has 0 bridgehead atoms. The maximum absolute atomic E-state index is 10.4. The van der Waals surface area contributed by atoms with Crippen LogP contribution in [0.2, 0.25) is 0 Å². The fraction of sp³-hybridized carbons (Fsp3) is 0.500. The minimum atomic E-state index is -0.547. The number of allylic oxidation sites excluding steroid dienone is 1. The van der Waals surface area contributed by atoms with Crippen LogP contribution in [0.3, 0.4) is 0 Å². The van der Waals surface area contributed by atoms with Crippen molar-refractivity contribution < 1.29 is 14.6 Å². The zero-order chi connectivity index (χ0) is 14.7. The summed E-state index contributed by atoms with van der Waals surface area (Å²) in [5.41, 5.74) is 3.16. The average molecular weight is 277 g/mol. The molecule has 0 aliphatic carbocycles. The summed E-state index contributed by atoms with van der Waals surface area (Å²) in [6.45, 7) is 6.37. The number of ether oxygens (including phenoxy) is 2. The lowest BCUT2D eigenvalue weighted by Gasteiger charge is -2.33. The number of benzene rings is 1. The lowest BCUT2D eigenvalue weighted by molar-refractivity contribution is 0.0952. The third kappa shape index (κ3) is 2.97. The second kappa shape index (κ2) is 6.29. The molecule has 0 unspecified atom stereocenters. The van der Waals surface area contributed by atoms with Gasteiger partial charge in [-0.2, -0.15) is 0 Å². The van der Waals surface area contributed by atoms with Crippen LogP contribution in [-0.2, 0) is 6.54 Å². The summed E-state index contributed by atoms with van der Waals surface area (Å²) in [5.74, 6) is 1.54. The monoisotopic (exact) mass is 277 g/mol. The Kier molecular flexibility index (Phi) is 4.68. The number of fused-ring (bicyclic) bond motifs is 1. The number of hydrogen-bond acceptors (Lipinski definition) is 4. The van der Waals surface area contributed by atoms with Crippen LogP contribution in [-0.4, -0.2) is 37.3 Å². The Morgan fingerprint density at radius 3 is 2.55 bits per heavy atom. The smallest absolute Gasteiger partial charge is 0.125 e. The van der Waals surface area contributed by atoms with E-state index < -0.39 is 6.10 Å². The standard InChI is InChI=1S/C16H23NO3/c1-11(2)7-8-17-9-12-14(19-3)5-6-15(20-4)16(12)13(18)10-17/h5-7,13,18H,8-10H2,1-4H3/t13-/m0/s1. The lowest BCUT2D eigenvalue weighted by atomic mass is 9.95. The molecule has 0 aromatic heterocycles. The molecule has 4 nitrogen and oxygen atoms in total. The van der Waals surface area contributed by atoms with E-state index in [-0.39, 0.29) is 0 Å². The van der Waals surface area contributed by atoms with Crippen molar-refractivity contribution in [1.82, 2.24) is 4.90 Å². The highest BCUT2D eigenvalue weighted by Gasteiger charge is 2.28. The first kappa shape index (κ1) is 14.9. The Bertz CT molecular complexity index is 507. The number of hydrogen-bond donors (Lipinski definition) is 1. The van der Waals surface area contributed by atoms with Gasteiger partial charge in [-0.1, -0.05) is 11.6 Å². The Balaban J connectivity index is 2.35. The molecule has 4 heteroatoms. The first-order valence-corrected chi connectivity index (χ1v) is 6.84. The molecule has 1 aromatic carbocycles. The van der Waals surface area contributed by atoms with Gasteiger partial charge in [0.25, 0.3) is 0 Å². The van der Waals surface area contributed by atoms with E-state index >= 15 is 0 Å². The summed E-state index contributed by atoms with van der Waals surface area (Å²) < 4.78 is 10.8. The molecule has 2 rings (SSSR count). The van der Waals surface area contributed by atoms with E-state index in [0.29, 0.717) is 6.54 Å². The number of rotatable bonds is 4. The van der Waals surface area contributed by atoms with Crippen LogP contribution < -0.4 is 9.47 Å². The van der Waals surface area contributed by atoms with Gasteiger partial charge in [0.15, 0.2) is 0 Å². The van der Waals surface area contributed by atoms with Crippen molar-refractivity contribution in [3.05, 3.63) is 34.9 Å². The third-order valence-electron chi connectivity index (χ3n) is 3.62. The summed E-state index contributed by atoms with van der Waals surface area (Å²) in [5, 5.41) is 10.4. The van der Waals surface area contributed by atoms with E-state index in [1.807, 2.05) is 12.1 Å². The van der Waals surface area contributed by atoms with Crippen molar-refractivity contribution in [2.24, 2.45) is 0 Å². The van der Waals surface area contributed by atoms with Gasteiger partial charge >= 0.3 is 0 Å². The lowest BCUT2D eigenvalue weighted by Crippen LogP contribution is -2.34. The number of methoxy groups -OCH3 is 2. The molecule has 20 heavy (non-hydrogen) atoms. The van der Waals surface area contributed by atoms with Gasteiger partial charge in [0.2, 0.25) is 0 Å². The van der Waals surface area contributed by atoms with Crippen LogP contribution >= 0.6 is 0 Å². The van der Waals surface area contributed by atoms with E-state index in [1.165, 1.54) is 5.57 Å². The second-order valence-corrected chi connectivity index (χ2v) is 5.35. The fourth-order valence-electron chi connectivity index (χ4n) is 2.60. The van der Waals surface area contributed by atoms with Gasteiger partial charge < -0.3 is 14.6 Å². The van der Waals surface area contributed by atoms with Crippen molar-refractivity contribution in [1.29, 1.82) is 0 Å². The molecule has 0 saturated heterocycles. The number of aliphatic hydroxyl groups excluding tert-OH is 1. The molecule has 0 saturated carbocycles. The quantitative estimate of drug-likeness (QED) is 0.859. The molecule has 0 spiro atoms. The van der Waals surface area contributed by atoms with Gasteiger partial charge in [-0.3, -0.25) is 4.90 Å². The Hall–Kier alpha value is -1.52. The van der Waals surface area contributed by atoms with Crippen molar-refractivity contribution in [3.63, 3.8) is 0 Å². The maximum Gasteiger partial charge on any atom is 0.125 e. The van der Waals surface area contributed by atoms with Crippen LogP contribution in [0.4, 0.5) is 0 Å². The number of β-amino-alcohol motifs (C(OH)–C–C–N with tert-alkyl or cyclic N) is 1. The Morgan fingerprint density at radius 2 is 1.95 bits per heavy atom. The van der Waals surface area contributed by atoms with E-state index in [9.17, 15) is 5.11 Å². The van der Waals surface area contributed by atoms with Gasteiger partial charge in [0.1, 0.15) is 11.5 Å². The largest absolute Gasteiger partial charge is 0.496 e. The highest BCUT2D eigenvalue weighted by molar-refractivity contribution is 5.51. The van der Waals surface area contributed by atoms with Crippen molar-refractivity contribution in [2.45, 2.75) is 26.5 Å². The van der Waals surface area contributed by atoms with E-state index in [4.69, 9.17) is 9.47 Å². The molecule has 1 N–H and O–H groups in total. The van der Waals surface area contributed by atoms with E-state index in [2.05, 4.69) is 24.8 Å². The minimum absolute atomic E-state index is 0.547. The van der Waals surface area contributed by atoms with Crippen LogP contribution in [0.15, 0.2) is 23.8 Å². The zero-order valence-electron chi connectivity index (χ0n) is 12.6. The SMILES string of the molecule is COc1ccc(OC)c2c1CN(CC=C(C)C)C[C@@H]2O. The summed E-state index contributed by atoms with van der Waals surface area (Å²) in [7, 11) is 3.29.